The summed E-state index contributed by atoms with van der Waals surface area (Å²) in [6.45, 7) is 0.660. The van der Waals surface area contributed by atoms with Gasteiger partial charge in [-0.05, 0) is 0 Å². The molecule has 2 N–H and O–H groups in total. The van der Waals surface area contributed by atoms with Gasteiger partial charge in [0.05, 0.1) is 23.9 Å². The molecule has 0 fully saturated rings. The van der Waals surface area contributed by atoms with Gasteiger partial charge in [-0.2, -0.15) is 4.39 Å². The number of halogens is 3. The number of hydrogen-bond acceptors (Lipinski definition) is 4. The molecule has 1 unspecified atom stereocenters. The zero-order valence-electron chi connectivity index (χ0n) is 9.84. The molecular weight excluding hydrogens is 286 g/mol. The minimum Gasteiger partial charge on any atom is -0.394 e. The van der Waals surface area contributed by atoms with Crippen LogP contribution < -0.4 is 5.32 Å². The van der Waals surface area contributed by atoms with E-state index in [0.717, 1.165) is 11.1 Å². The second-order valence-corrected chi connectivity index (χ2v) is 4.33. The first kappa shape index (κ1) is 15.2. The van der Waals surface area contributed by atoms with Gasteiger partial charge >= 0.3 is 5.98 Å². The Labute approximate surface area is 114 Å². The smallest absolute Gasteiger partial charge is 0.327 e. The first-order valence-electron chi connectivity index (χ1n) is 5.05. The van der Waals surface area contributed by atoms with Gasteiger partial charge < -0.3 is 20.1 Å². The molecule has 0 saturated carbocycles. The summed E-state index contributed by atoms with van der Waals surface area (Å²) in [5.74, 6) is -2.87. The first-order valence-corrected chi connectivity index (χ1v) is 5.81. The number of carbonyl (C=O) groups is 1. The van der Waals surface area contributed by atoms with E-state index < -0.39 is 11.0 Å². The number of ether oxygens (including phenoxy) is 1. The van der Waals surface area contributed by atoms with Crippen molar-refractivity contribution in [1.29, 1.82) is 0 Å². The zero-order chi connectivity index (χ0) is 13.9. The lowest BCUT2D eigenvalue weighted by Crippen LogP contribution is -2.46. The number of rotatable bonds is 4. The standard InChI is InChI=1S/C10H13Cl2FN2O3/c1-6(17)15(2)8-7(11)5-14-10(13,9(8)12)18-4-3-16/h5,14,16H,3-4H2,1-2H3. The fourth-order valence-corrected chi connectivity index (χ4v) is 1.96. The molecule has 1 aliphatic heterocycles. The van der Waals surface area contributed by atoms with Crippen LogP contribution >= 0.6 is 23.2 Å². The Kier molecular flexibility index (Phi) is 4.98. The third-order valence-electron chi connectivity index (χ3n) is 2.30. The average Bonchev–Trinajstić information content (AvgIpc) is 2.32. The fraction of sp³-hybridized carbons (Fsp3) is 0.500. The van der Waals surface area contributed by atoms with Crippen LogP contribution in [0, 0.1) is 0 Å². The molecule has 0 aromatic rings. The Bertz CT molecular complexity index is 414. The van der Waals surface area contributed by atoms with E-state index in [1.165, 1.54) is 14.0 Å². The number of carbonyl (C=O) groups excluding carboxylic acids is 1. The Morgan fingerprint density at radius 2 is 2.28 bits per heavy atom. The largest absolute Gasteiger partial charge is 0.394 e. The molecule has 0 saturated heterocycles. The normalized spacial score (nSPS) is 23.6. The van der Waals surface area contributed by atoms with Crippen LogP contribution in [0.25, 0.3) is 0 Å². The lowest BCUT2D eigenvalue weighted by molar-refractivity contribution is -0.136. The van der Waals surface area contributed by atoms with Gasteiger partial charge in [-0.25, -0.2) is 0 Å². The first-order chi connectivity index (χ1) is 8.33. The van der Waals surface area contributed by atoms with Crippen molar-refractivity contribution in [2.24, 2.45) is 0 Å². The van der Waals surface area contributed by atoms with Gasteiger partial charge in [-0.1, -0.05) is 23.2 Å². The number of aliphatic hydroxyl groups is 1. The van der Waals surface area contributed by atoms with Crippen LogP contribution in [0.4, 0.5) is 4.39 Å². The van der Waals surface area contributed by atoms with Crippen molar-refractivity contribution in [2.75, 3.05) is 20.3 Å². The van der Waals surface area contributed by atoms with E-state index in [-0.39, 0.29) is 29.9 Å². The molecule has 0 spiro atoms. The third-order valence-corrected chi connectivity index (χ3v) is 3.01. The van der Waals surface area contributed by atoms with Gasteiger partial charge in [0.2, 0.25) is 5.91 Å². The zero-order valence-corrected chi connectivity index (χ0v) is 11.3. The maximum Gasteiger partial charge on any atom is 0.327 e. The Balaban J connectivity index is 3.12. The number of likely N-dealkylation sites (N-methyl/N-ethyl adjacent to an activating group) is 1. The number of alkyl halides is 1. The highest BCUT2D eigenvalue weighted by Gasteiger charge is 2.41. The molecule has 18 heavy (non-hydrogen) atoms. The summed E-state index contributed by atoms with van der Waals surface area (Å²) in [6.07, 6.45) is 1.14. The highest BCUT2D eigenvalue weighted by atomic mass is 35.5. The minimum absolute atomic E-state index is 0.0185. The number of nitrogens with zero attached hydrogens (tertiary/aromatic N) is 1. The maximum atomic E-state index is 14.3. The van der Waals surface area contributed by atoms with Crippen molar-refractivity contribution in [2.45, 2.75) is 12.9 Å². The summed E-state index contributed by atoms with van der Waals surface area (Å²) in [5.41, 5.74) is 0.0185. The SMILES string of the molecule is CC(=O)N(C)C1=C(Cl)C(F)(OCCO)NC=C1Cl. The van der Waals surface area contributed by atoms with Gasteiger partial charge in [-0.3, -0.25) is 4.79 Å². The van der Waals surface area contributed by atoms with Crippen LogP contribution in [0.1, 0.15) is 6.92 Å². The van der Waals surface area contributed by atoms with E-state index in [0.29, 0.717) is 0 Å². The number of nitrogens with one attached hydrogen (secondary N) is 1. The number of dihydropyridines is 1. The summed E-state index contributed by atoms with van der Waals surface area (Å²) in [6, 6.07) is 0. The molecule has 0 aromatic heterocycles. The van der Waals surface area contributed by atoms with Crippen LogP contribution in [0.5, 0.6) is 0 Å². The Morgan fingerprint density at radius 1 is 1.67 bits per heavy atom. The van der Waals surface area contributed by atoms with Crippen molar-refractivity contribution in [1.82, 2.24) is 10.2 Å². The second-order valence-electron chi connectivity index (χ2n) is 3.54. The quantitative estimate of drug-likeness (QED) is 0.767. The van der Waals surface area contributed by atoms with Crippen molar-refractivity contribution < 1.29 is 19.0 Å². The summed E-state index contributed by atoms with van der Waals surface area (Å²) < 4.78 is 19.1. The molecule has 0 bridgehead atoms. The summed E-state index contributed by atoms with van der Waals surface area (Å²) in [5, 5.41) is 10.5. The molecule has 1 amide bonds. The van der Waals surface area contributed by atoms with Crippen LogP contribution in [-0.4, -0.2) is 42.2 Å². The van der Waals surface area contributed by atoms with Gasteiger partial charge in [-0.15, -0.1) is 0 Å². The van der Waals surface area contributed by atoms with Gasteiger partial charge in [0.15, 0.2) is 0 Å². The van der Waals surface area contributed by atoms with Crippen LogP contribution in [-0.2, 0) is 9.53 Å². The molecule has 0 radical (unpaired) electrons. The van der Waals surface area contributed by atoms with E-state index >= 15 is 0 Å². The molecule has 1 atom stereocenters. The minimum atomic E-state index is -2.51. The Morgan fingerprint density at radius 3 is 2.78 bits per heavy atom. The van der Waals surface area contributed by atoms with Gasteiger partial charge in [0.1, 0.15) is 5.03 Å². The number of aliphatic hydroxyl groups excluding tert-OH is 1. The molecule has 0 aliphatic carbocycles. The lowest BCUT2D eigenvalue weighted by Gasteiger charge is -2.32. The number of hydrogen-bond donors (Lipinski definition) is 2. The summed E-state index contributed by atoms with van der Waals surface area (Å²) >= 11 is 11.7. The van der Waals surface area contributed by atoms with Crippen LogP contribution in [0.2, 0.25) is 0 Å². The molecule has 102 valence electrons. The average molecular weight is 299 g/mol. The predicted octanol–water partition coefficient (Wildman–Crippen LogP) is 1.23. The molecule has 5 nitrogen and oxygen atoms in total. The highest BCUT2D eigenvalue weighted by molar-refractivity contribution is 6.36. The molecule has 8 heteroatoms. The fourth-order valence-electron chi connectivity index (χ4n) is 1.30. The molecule has 1 heterocycles. The maximum absolute atomic E-state index is 14.3. The molecular formula is C10H13Cl2FN2O3. The molecule has 0 aromatic carbocycles. The Hall–Kier alpha value is -0.820. The van der Waals surface area contributed by atoms with Crippen LogP contribution in [0.15, 0.2) is 22.0 Å². The topological polar surface area (TPSA) is 61.8 Å². The van der Waals surface area contributed by atoms with Crippen molar-refractivity contribution >= 4 is 29.1 Å². The third kappa shape index (κ3) is 2.95. The molecule has 1 aliphatic rings. The van der Waals surface area contributed by atoms with E-state index in [4.69, 9.17) is 33.0 Å². The highest BCUT2D eigenvalue weighted by Crippen LogP contribution is 2.36. The molecule has 1 rings (SSSR count). The van der Waals surface area contributed by atoms with Gasteiger partial charge in [0.25, 0.3) is 0 Å². The van der Waals surface area contributed by atoms with E-state index in [1.54, 1.807) is 0 Å². The van der Waals surface area contributed by atoms with Crippen molar-refractivity contribution in [3.05, 3.63) is 22.0 Å². The predicted molar refractivity (Wildman–Crippen MR) is 65.3 cm³/mol. The number of amides is 1. The lowest BCUT2D eigenvalue weighted by atomic mass is 10.2. The second kappa shape index (κ2) is 5.88. The monoisotopic (exact) mass is 298 g/mol. The summed E-state index contributed by atoms with van der Waals surface area (Å²) in [7, 11) is 1.41. The van der Waals surface area contributed by atoms with Gasteiger partial charge in [0, 0.05) is 20.2 Å². The summed E-state index contributed by atoms with van der Waals surface area (Å²) in [4.78, 5) is 12.4. The van der Waals surface area contributed by atoms with Crippen molar-refractivity contribution in [3.8, 4) is 0 Å². The van der Waals surface area contributed by atoms with Crippen molar-refractivity contribution in [3.63, 3.8) is 0 Å². The number of allylic oxidation sites excluding steroid dienone is 1. The van der Waals surface area contributed by atoms with E-state index in [2.05, 4.69) is 5.32 Å². The van der Waals surface area contributed by atoms with E-state index in [1.807, 2.05) is 0 Å². The van der Waals surface area contributed by atoms with E-state index in [9.17, 15) is 9.18 Å². The van der Waals surface area contributed by atoms with Crippen LogP contribution in [0.3, 0.4) is 0 Å².